The topological polar surface area (TPSA) is 89.2 Å². The minimum Gasteiger partial charge on any atom is -0.398 e. The normalized spacial score (nSPS) is 17.1. The van der Waals surface area contributed by atoms with E-state index < -0.39 is 16.1 Å². The number of nitrogens with zero attached hydrogens (tertiary/aromatic N) is 3. The van der Waals surface area contributed by atoms with E-state index in [0.29, 0.717) is 24.3 Å². The third-order valence-electron chi connectivity index (χ3n) is 5.39. The molecule has 1 aromatic carbocycles. The fraction of sp³-hybridized carbons (Fsp3) is 0.273. The van der Waals surface area contributed by atoms with Gasteiger partial charge in [0.15, 0.2) is 0 Å². The molecule has 0 radical (unpaired) electrons. The number of hydrogen-bond donors (Lipinski definition) is 1. The molecule has 3 heterocycles. The van der Waals surface area contributed by atoms with E-state index in [1.165, 1.54) is 10.6 Å². The van der Waals surface area contributed by atoms with Gasteiger partial charge in [0.25, 0.3) is 0 Å². The highest BCUT2D eigenvalue weighted by atomic mass is 32.2. The van der Waals surface area contributed by atoms with Crippen molar-refractivity contribution in [1.82, 2.24) is 14.3 Å². The van der Waals surface area contributed by atoms with Gasteiger partial charge >= 0.3 is 0 Å². The number of anilines is 1. The van der Waals surface area contributed by atoms with Gasteiger partial charge in [0.1, 0.15) is 0 Å². The van der Waals surface area contributed by atoms with Crippen molar-refractivity contribution in [2.75, 3.05) is 18.5 Å². The molecular formula is C22H24N4O2S. The highest BCUT2D eigenvalue weighted by molar-refractivity contribution is 7.88. The number of pyridine rings is 2. The van der Waals surface area contributed by atoms with Crippen molar-refractivity contribution in [2.45, 2.75) is 26.3 Å². The number of benzene rings is 1. The number of nitrogen functional groups attached to an aromatic ring is 1. The molecule has 2 N–H and O–H groups in total. The Morgan fingerprint density at radius 1 is 1.10 bits per heavy atom. The van der Waals surface area contributed by atoms with Crippen LogP contribution in [0.5, 0.6) is 0 Å². The highest BCUT2D eigenvalue weighted by Gasteiger charge is 2.36. The van der Waals surface area contributed by atoms with Crippen LogP contribution >= 0.6 is 0 Å². The van der Waals surface area contributed by atoms with Crippen LogP contribution in [0.2, 0.25) is 0 Å². The number of fused-ring (bicyclic) bond motifs is 1. The standard InChI is InChI=1S/C22H24N4O2S/c1-14-7-9-19(24-13-14)21-15(2)8-10-20(25-21)22-17-5-4-6-18(23)16(17)11-12-26(22)29(3,27)28/h4-10,13,22H,11-12,23H2,1-3H3. The lowest BCUT2D eigenvalue weighted by atomic mass is 9.90. The van der Waals surface area contributed by atoms with Gasteiger partial charge < -0.3 is 5.73 Å². The van der Waals surface area contributed by atoms with Gasteiger partial charge in [-0.3, -0.25) is 4.98 Å². The second-order valence-corrected chi connectivity index (χ2v) is 9.50. The van der Waals surface area contributed by atoms with Crippen molar-refractivity contribution in [3.8, 4) is 11.4 Å². The maximum absolute atomic E-state index is 12.6. The Balaban J connectivity index is 1.90. The van der Waals surface area contributed by atoms with Crippen LogP contribution in [0.15, 0.2) is 48.7 Å². The molecule has 29 heavy (non-hydrogen) atoms. The second-order valence-electron chi connectivity index (χ2n) is 7.56. The van der Waals surface area contributed by atoms with E-state index in [0.717, 1.165) is 33.6 Å². The van der Waals surface area contributed by atoms with Gasteiger partial charge in [-0.15, -0.1) is 0 Å². The van der Waals surface area contributed by atoms with Crippen LogP contribution in [-0.2, 0) is 16.4 Å². The van der Waals surface area contributed by atoms with Gasteiger partial charge in [-0.1, -0.05) is 24.3 Å². The minimum atomic E-state index is -3.44. The van der Waals surface area contributed by atoms with Gasteiger partial charge in [-0.2, -0.15) is 4.31 Å². The zero-order valence-corrected chi connectivity index (χ0v) is 17.6. The largest absolute Gasteiger partial charge is 0.398 e. The third kappa shape index (κ3) is 3.63. The number of rotatable bonds is 3. The average molecular weight is 409 g/mol. The summed E-state index contributed by atoms with van der Waals surface area (Å²) in [4.78, 5) is 9.39. The Labute approximate surface area is 171 Å². The van der Waals surface area contributed by atoms with Crippen LogP contribution in [0, 0.1) is 13.8 Å². The van der Waals surface area contributed by atoms with Gasteiger partial charge in [0.2, 0.25) is 10.0 Å². The summed E-state index contributed by atoms with van der Waals surface area (Å²) < 4.78 is 26.7. The maximum atomic E-state index is 12.6. The molecule has 0 amide bonds. The number of aryl methyl sites for hydroxylation is 2. The molecule has 0 saturated carbocycles. The summed E-state index contributed by atoms with van der Waals surface area (Å²) in [6.45, 7) is 4.34. The predicted molar refractivity (Wildman–Crippen MR) is 115 cm³/mol. The van der Waals surface area contributed by atoms with E-state index in [2.05, 4.69) is 4.98 Å². The average Bonchev–Trinajstić information content (AvgIpc) is 2.68. The first-order valence-corrected chi connectivity index (χ1v) is 11.3. The number of nitrogens with two attached hydrogens (primary N) is 1. The Kier molecular flexibility index (Phi) is 4.88. The molecule has 1 atom stereocenters. The lowest BCUT2D eigenvalue weighted by Gasteiger charge is -2.36. The Morgan fingerprint density at radius 2 is 1.90 bits per heavy atom. The Morgan fingerprint density at radius 3 is 2.59 bits per heavy atom. The van der Waals surface area contributed by atoms with E-state index in [1.54, 1.807) is 0 Å². The van der Waals surface area contributed by atoms with Crippen LogP contribution in [-0.4, -0.2) is 35.5 Å². The Bertz CT molecular complexity index is 1170. The monoisotopic (exact) mass is 408 g/mol. The molecule has 0 aliphatic carbocycles. The highest BCUT2D eigenvalue weighted by Crippen LogP contribution is 2.38. The molecule has 0 bridgehead atoms. The summed E-state index contributed by atoms with van der Waals surface area (Å²) in [5.74, 6) is 0. The molecule has 0 fully saturated rings. The molecule has 1 aliphatic rings. The third-order valence-corrected chi connectivity index (χ3v) is 6.64. The van der Waals surface area contributed by atoms with Crippen molar-refractivity contribution in [2.24, 2.45) is 0 Å². The number of sulfonamides is 1. The zero-order valence-electron chi connectivity index (χ0n) is 16.8. The lowest BCUT2D eigenvalue weighted by Crippen LogP contribution is -2.40. The summed E-state index contributed by atoms with van der Waals surface area (Å²) >= 11 is 0. The van der Waals surface area contributed by atoms with E-state index >= 15 is 0 Å². The predicted octanol–water partition coefficient (Wildman–Crippen LogP) is 3.25. The van der Waals surface area contributed by atoms with E-state index in [9.17, 15) is 8.42 Å². The zero-order chi connectivity index (χ0) is 20.8. The van der Waals surface area contributed by atoms with Crippen molar-refractivity contribution < 1.29 is 8.42 Å². The lowest BCUT2D eigenvalue weighted by molar-refractivity contribution is 0.342. The first-order valence-electron chi connectivity index (χ1n) is 9.50. The molecule has 3 aromatic rings. The van der Waals surface area contributed by atoms with Crippen molar-refractivity contribution in [3.63, 3.8) is 0 Å². The molecule has 1 unspecified atom stereocenters. The molecule has 0 spiro atoms. The fourth-order valence-corrected chi connectivity index (χ4v) is 4.93. The molecule has 4 rings (SSSR count). The molecule has 1 aliphatic heterocycles. The van der Waals surface area contributed by atoms with Crippen molar-refractivity contribution >= 4 is 15.7 Å². The summed E-state index contributed by atoms with van der Waals surface area (Å²) in [5.41, 5.74) is 13.0. The van der Waals surface area contributed by atoms with Crippen LogP contribution in [0.25, 0.3) is 11.4 Å². The van der Waals surface area contributed by atoms with Gasteiger partial charge in [0.05, 0.1) is 29.4 Å². The van der Waals surface area contributed by atoms with Gasteiger partial charge in [-0.05, 0) is 60.7 Å². The molecule has 150 valence electrons. The molecular weight excluding hydrogens is 384 g/mol. The first-order chi connectivity index (χ1) is 13.8. The number of aromatic nitrogens is 2. The van der Waals surface area contributed by atoms with E-state index in [-0.39, 0.29) is 0 Å². The van der Waals surface area contributed by atoms with Crippen LogP contribution < -0.4 is 5.73 Å². The number of hydrogen-bond acceptors (Lipinski definition) is 5. The van der Waals surface area contributed by atoms with Crippen molar-refractivity contribution in [3.05, 3.63) is 76.6 Å². The quantitative estimate of drug-likeness (QED) is 0.672. The fourth-order valence-electron chi connectivity index (χ4n) is 3.90. The molecule has 6 nitrogen and oxygen atoms in total. The summed E-state index contributed by atoms with van der Waals surface area (Å²) in [5, 5.41) is 0. The summed E-state index contributed by atoms with van der Waals surface area (Å²) in [7, 11) is -3.44. The van der Waals surface area contributed by atoms with Crippen LogP contribution in [0.4, 0.5) is 5.69 Å². The summed E-state index contributed by atoms with van der Waals surface area (Å²) in [6, 6.07) is 13.0. The summed E-state index contributed by atoms with van der Waals surface area (Å²) in [6.07, 6.45) is 3.64. The smallest absolute Gasteiger partial charge is 0.212 e. The second kappa shape index (κ2) is 7.24. The minimum absolute atomic E-state index is 0.373. The SMILES string of the molecule is Cc1ccc(-c2nc(C3c4cccc(N)c4CCN3S(C)(=O)=O)ccc2C)nc1. The molecule has 2 aromatic heterocycles. The van der Waals surface area contributed by atoms with Crippen molar-refractivity contribution in [1.29, 1.82) is 0 Å². The first kappa shape index (κ1) is 19.5. The molecule has 0 saturated heterocycles. The van der Waals surface area contributed by atoms with E-state index in [4.69, 9.17) is 10.7 Å². The van der Waals surface area contributed by atoms with Gasteiger partial charge in [-0.25, -0.2) is 13.4 Å². The Hall–Kier alpha value is -2.77. The molecule has 7 heteroatoms. The van der Waals surface area contributed by atoms with Crippen LogP contribution in [0.1, 0.15) is 34.0 Å². The van der Waals surface area contributed by atoms with E-state index in [1.807, 2.05) is 62.5 Å². The van der Waals surface area contributed by atoms with Crippen LogP contribution in [0.3, 0.4) is 0 Å². The van der Waals surface area contributed by atoms with Gasteiger partial charge in [0, 0.05) is 18.4 Å². The maximum Gasteiger partial charge on any atom is 0.212 e.